The van der Waals surface area contributed by atoms with Crippen LogP contribution in [0.5, 0.6) is 11.5 Å². The number of rotatable bonds is 5. The lowest BCUT2D eigenvalue weighted by atomic mass is 9.93. The Morgan fingerprint density at radius 3 is 2.12 bits per heavy atom. The van der Waals surface area contributed by atoms with Crippen molar-refractivity contribution in [2.24, 2.45) is 5.73 Å². The van der Waals surface area contributed by atoms with Crippen molar-refractivity contribution in [3.05, 3.63) is 23.8 Å². The molecule has 4 nitrogen and oxygen atoms in total. The molecule has 0 spiro atoms. The summed E-state index contributed by atoms with van der Waals surface area (Å²) in [7, 11) is 3.20. The predicted molar refractivity (Wildman–Crippen MR) is 62.9 cm³/mol. The Bertz CT molecular complexity index is 328. The smallest absolute Gasteiger partial charge is 0.125 e. The first-order valence-corrected chi connectivity index (χ1v) is 5.13. The van der Waals surface area contributed by atoms with E-state index in [1.807, 2.05) is 18.2 Å². The Morgan fingerprint density at radius 2 is 1.75 bits per heavy atom. The van der Waals surface area contributed by atoms with E-state index in [9.17, 15) is 5.11 Å². The maximum absolute atomic E-state index is 9.18. The van der Waals surface area contributed by atoms with E-state index in [0.717, 1.165) is 17.1 Å². The van der Waals surface area contributed by atoms with Crippen molar-refractivity contribution in [3.63, 3.8) is 0 Å². The second-order valence-corrected chi connectivity index (χ2v) is 4.13. The van der Waals surface area contributed by atoms with Crippen LogP contribution < -0.4 is 15.2 Å². The minimum Gasteiger partial charge on any atom is -0.496 e. The molecule has 16 heavy (non-hydrogen) atoms. The fourth-order valence-corrected chi connectivity index (χ4v) is 1.56. The number of methoxy groups -OCH3 is 2. The first-order valence-electron chi connectivity index (χ1n) is 5.13. The highest BCUT2D eigenvalue weighted by atomic mass is 16.5. The van der Waals surface area contributed by atoms with E-state index in [1.54, 1.807) is 21.1 Å². The highest BCUT2D eigenvalue weighted by Gasteiger charge is 2.22. The Balaban J connectivity index is 3.09. The van der Waals surface area contributed by atoms with Crippen molar-refractivity contribution in [2.45, 2.75) is 18.9 Å². The van der Waals surface area contributed by atoms with Gasteiger partial charge in [-0.25, -0.2) is 0 Å². The largest absolute Gasteiger partial charge is 0.496 e. The van der Waals surface area contributed by atoms with Gasteiger partial charge in [-0.2, -0.15) is 0 Å². The zero-order valence-corrected chi connectivity index (χ0v) is 9.99. The van der Waals surface area contributed by atoms with Gasteiger partial charge in [-0.1, -0.05) is 6.07 Å². The summed E-state index contributed by atoms with van der Waals surface area (Å²) in [5.41, 5.74) is 6.14. The average Bonchev–Trinajstić information content (AvgIpc) is 2.29. The van der Waals surface area contributed by atoms with Gasteiger partial charge in [0.1, 0.15) is 11.5 Å². The summed E-state index contributed by atoms with van der Waals surface area (Å²) in [6.45, 7) is 1.70. The summed E-state index contributed by atoms with van der Waals surface area (Å²) in [6, 6.07) is 5.56. The summed E-state index contributed by atoms with van der Waals surface area (Å²) in [5.74, 6) is 1.45. The summed E-state index contributed by atoms with van der Waals surface area (Å²) < 4.78 is 10.5. The Hall–Kier alpha value is -1.26. The maximum Gasteiger partial charge on any atom is 0.125 e. The van der Waals surface area contributed by atoms with E-state index in [0.29, 0.717) is 6.42 Å². The molecule has 0 heterocycles. The van der Waals surface area contributed by atoms with Gasteiger partial charge in [0.15, 0.2) is 0 Å². The van der Waals surface area contributed by atoms with Gasteiger partial charge in [0.25, 0.3) is 0 Å². The van der Waals surface area contributed by atoms with E-state index in [4.69, 9.17) is 15.2 Å². The van der Waals surface area contributed by atoms with Gasteiger partial charge in [0, 0.05) is 11.1 Å². The third-order valence-corrected chi connectivity index (χ3v) is 2.47. The van der Waals surface area contributed by atoms with Crippen molar-refractivity contribution in [1.82, 2.24) is 0 Å². The number of aliphatic hydroxyl groups is 1. The van der Waals surface area contributed by atoms with E-state index >= 15 is 0 Å². The van der Waals surface area contributed by atoms with Crippen LogP contribution in [0.15, 0.2) is 18.2 Å². The molecule has 4 heteroatoms. The predicted octanol–water partition coefficient (Wildman–Crippen LogP) is 0.956. The average molecular weight is 225 g/mol. The SMILES string of the molecule is COc1cccc(OC)c1CC(C)(N)CO. The third-order valence-electron chi connectivity index (χ3n) is 2.47. The second kappa shape index (κ2) is 5.18. The van der Waals surface area contributed by atoms with Crippen molar-refractivity contribution < 1.29 is 14.6 Å². The number of ether oxygens (including phenoxy) is 2. The van der Waals surface area contributed by atoms with Crippen molar-refractivity contribution in [3.8, 4) is 11.5 Å². The van der Waals surface area contributed by atoms with E-state index < -0.39 is 5.54 Å². The molecule has 1 aromatic rings. The monoisotopic (exact) mass is 225 g/mol. The molecule has 0 saturated carbocycles. The quantitative estimate of drug-likeness (QED) is 0.783. The van der Waals surface area contributed by atoms with Crippen LogP contribution in [0.25, 0.3) is 0 Å². The molecule has 0 bridgehead atoms. The molecule has 0 saturated heterocycles. The number of hydrogen-bond acceptors (Lipinski definition) is 4. The van der Waals surface area contributed by atoms with Crippen LogP contribution in [0.2, 0.25) is 0 Å². The van der Waals surface area contributed by atoms with E-state index in [-0.39, 0.29) is 6.61 Å². The van der Waals surface area contributed by atoms with Crippen LogP contribution in [-0.4, -0.2) is 31.5 Å². The minimum absolute atomic E-state index is 0.0891. The van der Waals surface area contributed by atoms with Crippen molar-refractivity contribution in [2.75, 3.05) is 20.8 Å². The zero-order valence-electron chi connectivity index (χ0n) is 9.99. The molecular formula is C12H19NO3. The number of aliphatic hydroxyl groups excluding tert-OH is 1. The van der Waals surface area contributed by atoms with Gasteiger partial charge < -0.3 is 20.3 Å². The lowest BCUT2D eigenvalue weighted by molar-refractivity contribution is 0.206. The van der Waals surface area contributed by atoms with Gasteiger partial charge >= 0.3 is 0 Å². The summed E-state index contributed by atoms with van der Waals surface area (Å²) >= 11 is 0. The van der Waals surface area contributed by atoms with Gasteiger partial charge in [0.2, 0.25) is 0 Å². The van der Waals surface area contributed by atoms with Crippen LogP contribution in [-0.2, 0) is 6.42 Å². The zero-order chi connectivity index (χ0) is 12.2. The summed E-state index contributed by atoms with van der Waals surface area (Å²) in [6.07, 6.45) is 0.497. The standard InChI is InChI=1S/C12H19NO3/c1-12(13,8-14)7-9-10(15-2)5-4-6-11(9)16-3/h4-6,14H,7-8,13H2,1-3H3. The molecule has 0 fully saturated rings. The second-order valence-electron chi connectivity index (χ2n) is 4.13. The normalized spacial score (nSPS) is 14.3. The fraction of sp³-hybridized carbons (Fsp3) is 0.500. The Kier molecular flexibility index (Phi) is 4.15. The maximum atomic E-state index is 9.18. The van der Waals surface area contributed by atoms with Gasteiger partial charge in [-0.3, -0.25) is 0 Å². The first-order chi connectivity index (χ1) is 7.54. The topological polar surface area (TPSA) is 64.7 Å². The minimum atomic E-state index is -0.679. The highest BCUT2D eigenvalue weighted by Crippen LogP contribution is 2.30. The fourth-order valence-electron chi connectivity index (χ4n) is 1.56. The van der Waals surface area contributed by atoms with Gasteiger partial charge in [-0.15, -0.1) is 0 Å². The van der Waals surface area contributed by atoms with E-state index in [2.05, 4.69) is 0 Å². The summed E-state index contributed by atoms with van der Waals surface area (Å²) in [4.78, 5) is 0. The van der Waals surface area contributed by atoms with Gasteiger partial charge in [0.05, 0.1) is 20.8 Å². The van der Waals surface area contributed by atoms with Gasteiger partial charge in [-0.05, 0) is 25.5 Å². The number of nitrogens with two attached hydrogens (primary N) is 1. The van der Waals surface area contributed by atoms with Crippen LogP contribution in [0.4, 0.5) is 0 Å². The number of hydrogen-bond donors (Lipinski definition) is 2. The molecule has 1 atom stereocenters. The Morgan fingerprint density at radius 1 is 1.25 bits per heavy atom. The summed E-state index contributed by atoms with van der Waals surface area (Å²) in [5, 5.41) is 9.18. The molecule has 0 aliphatic rings. The lowest BCUT2D eigenvalue weighted by Crippen LogP contribution is -2.42. The Labute approximate surface area is 96.0 Å². The molecule has 90 valence electrons. The van der Waals surface area contributed by atoms with Crippen LogP contribution in [0, 0.1) is 0 Å². The van der Waals surface area contributed by atoms with E-state index in [1.165, 1.54) is 0 Å². The van der Waals surface area contributed by atoms with Crippen molar-refractivity contribution in [1.29, 1.82) is 0 Å². The highest BCUT2D eigenvalue weighted by molar-refractivity contribution is 5.45. The van der Waals surface area contributed by atoms with Crippen LogP contribution in [0.3, 0.4) is 0 Å². The molecule has 0 aliphatic heterocycles. The molecule has 1 aromatic carbocycles. The molecular weight excluding hydrogens is 206 g/mol. The molecule has 0 radical (unpaired) electrons. The number of benzene rings is 1. The van der Waals surface area contributed by atoms with Crippen molar-refractivity contribution >= 4 is 0 Å². The molecule has 3 N–H and O–H groups in total. The van der Waals surface area contributed by atoms with Crippen LogP contribution in [0.1, 0.15) is 12.5 Å². The van der Waals surface area contributed by atoms with Crippen LogP contribution >= 0.6 is 0 Å². The molecule has 1 unspecified atom stereocenters. The lowest BCUT2D eigenvalue weighted by Gasteiger charge is -2.24. The molecule has 0 aliphatic carbocycles. The molecule has 0 amide bonds. The third kappa shape index (κ3) is 2.87. The molecule has 0 aromatic heterocycles. The first kappa shape index (κ1) is 12.8. The molecule has 1 rings (SSSR count).